The number of carboxylic acids is 1. The first-order valence-electron chi connectivity index (χ1n) is 5.60. The molecule has 1 N–H and O–H groups in total. The largest absolute Gasteiger partial charge is 0.497 e. The summed E-state index contributed by atoms with van der Waals surface area (Å²) < 4.78 is 12.0. The third kappa shape index (κ3) is 2.85. The fourth-order valence-electron chi connectivity index (χ4n) is 1.74. The number of aromatic carboxylic acids is 1. The van der Waals surface area contributed by atoms with Crippen LogP contribution in [0.5, 0.6) is 11.5 Å². The molecule has 0 saturated carbocycles. The SMILES string of the molecule is COc1ccc(OC)c(Cn2cc(C(=O)O)cn2)c1. The number of hydrogen-bond donors (Lipinski definition) is 1. The minimum Gasteiger partial charge on any atom is -0.497 e. The van der Waals surface area contributed by atoms with Gasteiger partial charge in [-0.3, -0.25) is 4.68 Å². The van der Waals surface area contributed by atoms with Crippen LogP contribution in [0.25, 0.3) is 0 Å². The molecule has 0 atom stereocenters. The number of carbonyl (C=O) groups is 1. The average Bonchev–Trinajstić information content (AvgIpc) is 2.87. The highest BCUT2D eigenvalue weighted by Crippen LogP contribution is 2.24. The predicted molar refractivity (Wildman–Crippen MR) is 67.8 cm³/mol. The van der Waals surface area contributed by atoms with E-state index in [-0.39, 0.29) is 5.56 Å². The summed E-state index contributed by atoms with van der Waals surface area (Å²) in [5.74, 6) is 0.415. The third-order valence-electron chi connectivity index (χ3n) is 2.70. The summed E-state index contributed by atoms with van der Waals surface area (Å²) in [5.41, 5.74) is 1.02. The van der Waals surface area contributed by atoms with Crippen molar-refractivity contribution in [1.82, 2.24) is 9.78 Å². The number of aromatic nitrogens is 2. The van der Waals surface area contributed by atoms with Gasteiger partial charge in [0.2, 0.25) is 0 Å². The van der Waals surface area contributed by atoms with Crippen LogP contribution in [-0.4, -0.2) is 35.1 Å². The van der Waals surface area contributed by atoms with Crippen LogP contribution in [0, 0.1) is 0 Å². The normalized spacial score (nSPS) is 10.2. The quantitative estimate of drug-likeness (QED) is 0.886. The Kier molecular flexibility index (Phi) is 3.70. The van der Waals surface area contributed by atoms with E-state index in [9.17, 15) is 4.79 Å². The van der Waals surface area contributed by atoms with Crippen molar-refractivity contribution in [3.8, 4) is 11.5 Å². The second-order valence-electron chi connectivity index (χ2n) is 3.91. The van der Waals surface area contributed by atoms with Crippen LogP contribution in [-0.2, 0) is 6.54 Å². The number of methoxy groups -OCH3 is 2. The number of nitrogens with zero attached hydrogens (tertiary/aromatic N) is 2. The van der Waals surface area contributed by atoms with Crippen molar-refractivity contribution < 1.29 is 19.4 Å². The molecule has 2 rings (SSSR count). The van der Waals surface area contributed by atoms with Crippen LogP contribution in [0.2, 0.25) is 0 Å². The van der Waals surface area contributed by atoms with Crippen LogP contribution in [0.15, 0.2) is 30.6 Å². The van der Waals surface area contributed by atoms with Crippen LogP contribution in [0.1, 0.15) is 15.9 Å². The molecule has 0 aliphatic rings. The summed E-state index contributed by atoms with van der Waals surface area (Å²) in [6.07, 6.45) is 2.79. The van der Waals surface area contributed by atoms with Gasteiger partial charge in [0.15, 0.2) is 0 Å². The van der Waals surface area contributed by atoms with Gasteiger partial charge in [-0.2, -0.15) is 5.10 Å². The minimum atomic E-state index is -0.996. The first kappa shape index (κ1) is 12.9. The van der Waals surface area contributed by atoms with Gasteiger partial charge in [-0.1, -0.05) is 0 Å². The Morgan fingerprint density at radius 2 is 2.16 bits per heavy atom. The van der Waals surface area contributed by atoms with E-state index in [0.29, 0.717) is 18.0 Å². The van der Waals surface area contributed by atoms with E-state index >= 15 is 0 Å². The van der Waals surface area contributed by atoms with E-state index in [1.165, 1.54) is 12.4 Å². The van der Waals surface area contributed by atoms with Crippen LogP contribution < -0.4 is 9.47 Å². The lowest BCUT2D eigenvalue weighted by molar-refractivity contribution is 0.0697. The number of hydrogen-bond acceptors (Lipinski definition) is 4. The van der Waals surface area contributed by atoms with Gasteiger partial charge >= 0.3 is 5.97 Å². The van der Waals surface area contributed by atoms with Crippen molar-refractivity contribution in [3.05, 3.63) is 41.7 Å². The highest BCUT2D eigenvalue weighted by Gasteiger charge is 2.09. The maximum atomic E-state index is 10.8. The first-order chi connectivity index (χ1) is 9.13. The molecule has 0 unspecified atom stereocenters. The van der Waals surface area contributed by atoms with E-state index in [1.54, 1.807) is 31.0 Å². The van der Waals surface area contributed by atoms with Crippen LogP contribution >= 0.6 is 0 Å². The Bertz CT molecular complexity index is 592. The zero-order valence-corrected chi connectivity index (χ0v) is 10.7. The summed E-state index contributed by atoms with van der Waals surface area (Å²) in [6.45, 7) is 0.410. The summed E-state index contributed by atoms with van der Waals surface area (Å²) in [5, 5.41) is 12.9. The molecule has 2 aromatic rings. The van der Waals surface area contributed by atoms with Gasteiger partial charge in [-0.05, 0) is 18.2 Å². The van der Waals surface area contributed by atoms with Gasteiger partial charge in [-0.25, -0.2) is 4.79 Å². The molecule has 0 spiro atoms. The average molecular weight is 262 g/mol. The zero-order valence-electron chi connectivity index (χ0n) is 10.7. The topological polar surface area (TPSA) is 73.6 Å². The van der Waals surface area contributed by atoms with E-state index in [2.05, 4.69) is 5.10 Å². The Morgan fingerprint density at radius 1 is 1.37 bits per heavy atom. The fourth-order valence-corrected chi connectivity index (χ4v) is 1.74. The molecular weight excluding hydrogens is 248 g/mol. The number of benzene rings is 1. The summed E-state index contributed by atoms with van der Waals surface area (Å²) >= 11 is 0. The molecule has 19 heavy (non-hydrogen) atoms. The molecule has 0 amide bonds. The second kappa shape index (κ2) is 5.43. The van der Waals surface area contributed by atoms with Crippen molar-refractivity contribution in [2.75, 3.05) is 14.2 Å². The molecular formula is C13H14N2O4. The number of carboxylic acid groups (broad SMARTS) is 1. The molecule has 6 heteroatoms. The highest BCUT2D eigenvalue weighted by molar-refractivity contribution is 5.86. The van der Waals surface area contributed by atoms with Gasteiger partial charge in [0.1, 0.15) is 11.5 Å². The van der Waals surface area contributed by atoms with Crippen LogP contribution in [0.4, 0.5) is 0 Å². The Morgan fingerprint density at radius 3 is 2.74 bits per heavy atom. The summed E-state index contributed by atoms with van der Waals surface area (Å²) in [4.78, 5) is 10.8. The van der Waals surface area contributed by atoms with E-state index in [1.807, 2.05) is 6.07 Å². The standard InChI is InChI=1S/C13H14N2O4/c1-18-11-3-4-12(19-2)9(5-11)7-15-8-10(6-14-15)13(16)17/h3-6,8H,7H2,1-2H3,(H,16,17). The molecule has 0 fully saturated rings. The van der Waals surface area contributed by atoms with Crippen molar-refractivity contribution in [3.63, 3.8) is 0 Å². The Hall–Kier alpha value is -2.50. The first-order valence-corrected chi connectivity index (χ1v) is 5.60. The minimum absolute atomic E-state index is 0.155. The second-order valence-corrected chi connectivity index (χ2v) is 3.91. The van der Waals surface area contributed by atoms with E-state index in [4.69, 9.17) is 14.6 Å². The lowest BCUT2D eigenvalue weighted by Crippen LogP contribution is -2.03. The third-order valence-corrected chi connectivity index (χ3v) is 2.70. The molecule has 1 heterocycles. The van der Waals surface area contributed by atoms with Crippen molar-refractivity contribution in [1.29, 1.82) is 0 Å². The molecule has 0 aliphatic carbocycles. The lowest BCUT2D eigenvalue weighted by atomic mass is 10.2. The molecule has 0 bridgehead atoms. The molecule has 1 aromatic carbocycles. The Labute approximate surface area is 110 Å². The van der Waals surface area contributed by atoms with Gasteiger partial charge < -0.3 is 14.6 Å². The van der Waals surface area contributed by atoms with Crippen molar-refractivity contribution >= 4 is 5.97 Å². The molecule has 100 valence electrons. The van der Waals surface area contributed by atoms with Gasteiger partial charge in [0.05, 0.1) is 32.5 Å². The van der Waals surface area contributed by atoms with Gasteiger partial charge in [0.25, 0.3) is 0 Å². The lowest BCUT2D eigenvalue weighted by Gasteiger charge is -2.10. The predicted octanol–water partition coefficient (Wildman–Crippen LogP) is 1.65. The Balaban J connectivity index is 2.27. The van der Waals surface area contributed by atoms with E-state index < -0.39 is 5.97 Å². The van der Waals surface area contributed by atoms with Gasteiger partial charge in [0, 0.05) is 11.8 Å². The molecule has 0 radical (unpaired) electrons. The smallest absolute Gasteiger partial charge is 0.338 e. The van der Waals surface area contributed by atoms with Crippen LogP contribution in [0.3, 0.4) is 0 Å². The molecule has 0 saturated heterocycles. The maximum Gasteiger partial charge on any atom is 0.338 e. The monoisotopic (exact) mass is 262 g/mol. The number of rotatable bonds is 5. The zero-order chi connectivity index (χ0) is 13.8. The number of ether oxygens (including phenoxy) is 2. The van der Waals surface area contributed by atoms with Gasteiger partial charge in [-0.15, -0.1) is 0 Å². The molecule has 1 aromatic heterocycles. The van der Waals surface area contributed by atoms with E-state index in [0.717, 1.165) is 5.56 Å². The highest BCUT2D eigenvalue weighted by atomic mass is 16.5. The van der Waals surface area contributed by atoms with Crippen molar-refractivity contribution in [2.45, 2.75) is 6.54 Å². The fraction of sp³-hybridized carbons (Fsp3) is 0.231. The molecule has 0 aliphatic heterocycles. The maximum absolute atomic E-state index is 10.8. The van der Waals surface area contributed by atoms with Crippen molar-refractivity contribution in [2.24, 2.45) is 0 Å². The summed E-state index contributed by atoms with van der Waals surface area (Å²) in [6, 6.07) is 5.44. The molecule has 6 nitrogen and oxygen atoms in total. The summed E-state index contributed by atoms with van der Waals surface area (Å²) in [7, 11) is 3.17.